The van der Waals surface area contributed by atoms with Crippen molar-refractivity contribution in [1.29, 1.82) is 0 Å². The lowest BCUT2D eigenvalue weighted by molar-refractivity contribution is -0.123. The van der Waals surface area contributed by atoms with Gasteiger partial charge in [-0.2, -0.15) is 0 Å². The molecule has 6 heteroatoms. The second-order valence-electron chi connectivity index (χ2n) is 6.90. The number of carbonyl (C=O) groups excluding carboxylic acids is 1. The van der Waals surface area contributed by atoms with Crippen LogP contribution in [0.1, 0.15) is 46.5 Å². The molecule has 1 aromatic rings. The predicted octanol–water partition coefficient (Wildman–Crippen LogP) is 3.70. The van der Waals surface area contributed by atoms with E-state index < -0.39 is 20.5 Å². The highest BCUT2D eigenvalue weighted by atomic mass is 79.9. The molecule has 1 aliphatic rings. The van der Waals surface area contributed by atoms with E-state index in [1.165, 1.54) is 26.0 Å². The third-order valence-corrected chi connectivity index (χ3v) is 7.64. The van der Waals surface area contributed by atoms with Gasteiger partial charge in [-0.3, -0.25) is 4.79 Å². The van der Waals surface area contributed by atoms with Gasteiger partial charge in [-0.15, -0.1) is 0 Å². The van der Waals surface area contributed by atoms with E-state index >= 15 is 0 Å². The van der Waals surface area contributed by atoms with E-state index in [9.17, 15) is 13.2 Å². The molecule has 0 heterocycles. The quantitative estimate of drug-likeness (QED) is 0.836. The molecule has 1 N–H and O–H groups in total. The fraction of sp³-hybridized carbons (Fsp3) is 0.588. The Morgan fingerprint density at radius 1 is 1.13 bits per heavy atom. The minimum atomic E-state index is -3.75. The fourth-order valence-corrected chi connectivity index (χ4v) is 4.45. The van der Waals surface area contributed by atoms with Crippen LogP contribution in [-0.4, -0.2) is 25.1 Å². The Hall–Kier alpha value is -0.880. The van der Waals surface area contributed by atoms with Crippen LogP contribution in [0.3, 0.4) is 0 Å². The van der Waals surface area contributed by atoms with Crippen molar-refractivity contribution in [3.8, 4) is 0 Å². The molecule has 1 amide bonds. The summed E-state index contributed by atoms with van der Waals surface area (Å²) < 4.78 is 25.0. The highest BCUT2D eigenvalue weighted by Gasteiger charge is 2.43. The van der Waals surface area contributed by atoms with Crippen LogP contribution in [0.5, 0.6) is 0 Å². The van der Waals surface area contributed by atoms with Gasteiger partial charge in [0.05, 0.1) is 4.90 Å². The SMILES string of the molecule is CC1CCC(NC(=O)C(C)(C)S(=O)(=O)c2ccc(Br)cc2)CC1. The molecule has 23 heavy (non-hydrogen) atoms. The molecule has 0 unspecified atom stereocenters. The van der Waals surface area contributed by atoms with E-state index in [0.29, 0.717) is 5.92 Å². The zero-order valence-corrected chi connectivity index (χ0v) is 16.2. The largest absolute Gasteiger partial charge is 0.352 e. The van der Waals surface area contributed by atoms with Crippen molar-refractivity contribution < 1.29 is 13.2 Å². The van der Waals surface area contributed by atoms with Gasteiger partial charge in [-0.25, -0.2) is 8.42 Å². The van der Waals surface area contributed by atoms with Gasteiger partial charge in [0.25, 0.3) is 0 Å². The van der Waals surface area contributed by atoms with Gasteiger partial charge in [0.2, 0.25) is 5.91 Å². The van der Waals surface area contributed by atoms with Gasteiger partial charge in [0.15, 0.2) is 9.84 Å². The monoisotopic (exact) mass is 401 g/mol. The van der Waals surface area contributed by atoms with Crippen molar-refractivity contribution in [3.63, 3.8) is 0 Å². The van der Waals surface area contributed by atoms with Crippen molar-refractivity contribution in [2.45, 2.75) is 62.1 Å². The maximum Gasteiger partial charge on any atom is 0.241 e. The Morgan fingerprint density at radius 3 is 2.17 bits per heavy atom. The van der Waals surface area contributed by atoms with Gasteiger partial charge >= 0.3 is 0 Å². The van der Waals surface area contributed by atoms with Crippen LogP contribution in [0.15, 0.2) is 33.6 Å². The molecule has 128 valence electrons. The van der Waals surface area contributed by atoms with Gasteiger partial charge in [-0.05, 0) is 69.7 Å². The second kappa shape index (κ2) is 6.93. The summed E-state index contributed by atoms with van der Waals surface area (Å²) in [5.74, 6) is 0.266. The molecule has 0 atom stereocenters. The molecule has 0 aliphatic heterocycles. The Labute approximate surface area is 147 Å². The molecule has 0 bridgehead atoms. The Morgan fingerprint density at radius 2 is 1.65 bits per heavy atom. The predicted molar refractivity (Wildman–Crippen MR) is 95.0 cm³/mol. The summed E-state index contributed by atoms with van der Waals surface area (Å²) in [5.41, 5.74) is 0. The van der Waals surface area contributed by atoms with Gasteiger partial charge < -0.3 is 5.32 Å². The topological polar surface area (TPSA) is 63.2 Å². The third-order valence-electron chi connectivity index (χ3n) is 4.69. The summed E-state index contributed by atoms with van der Waals surface area (Å²) >= 11 is 3.29. The van der Waals surface area contributed by atoms with E-state index in [4.69, 9.17) is 0 Å². The lowest BCUT2D eigenvalue weighted by Crippen LogP contribution is -2.51. The van der Waals surface area contributed by atoms with Crippen molar-refractivity contribution in [1.82, 2.24) is 5.32 Å². The lowest BCUT2D eigenvalue weighted by atomic mass is 9.87. The molecule has 4 nitrogen and oxygen atoms in total. The normalized spacial score (nSPS) is 22.6. The number of nitrogens with one attached hydrogen (secondary N) is 1. The maximum atomic E-state index is 12.8. The number of halogens is 1. The fourth-order valence-electron chi connectivity index (χ4n) is 2.79. The summed E-state index contributed by atoms with van der Waals surface area (Å²) in [7, 11) is -3.75. The standard InChI is InChI=1S/C17H24BrNO3S/c1-12-4-8-14(9-5-12)19-16(20)17(2,3)23(21,22)15-10-6-13(18)7-11-15/h6-7,10-12,14H,4-5,8-9H2,1-3H3,(H,19,20). The lowest BCUT2D eigenvalue weighted by Gasteiger charge is -2.31. The number of hydrogen-bond acceptors (Lipinski definition) is 3. The average molecular weight is 402 g/mol. The summed E-state index contributed by atoms with van der Waals surface area (Å²) in [6.45, 7) is 5.16. The molecule has 1 aliphatic carbocycles. The highest BCUT2D eigenvalue weighted by Crippen LogP contribution is 2.28. The zero-order valence-electron chi connectivity index (χ0n) is 13.8. The Bertz CT molecular complexity index is 660. The Kier molecular flexibility index (Phi) is 5.56. The van der Waals surface area contributed by atoms with E-state index in [0.717, 1.165) is 30.2 Å². The molecule has 0 radical (unpaired) electrons. The van der Waals surface area contributed by atoms with Gasteiger partial charge in [0.1, 0.15) is 4.75 Å². The van der Waals surface area contributed by atoms with E-state index in [1.54, 1.807) is 12.1 Å². The van der Waals surface area contributed by atoms with Crippen LogP contribution in [0, 0.1) is 5.92 Å². The van der Waals surface area contributed by atoms with Gasteiger partial charge in [-0.1, -0.05) is 22.9 Å². The van der Waals surface area contributed by atoms with Crippen molar-refractivity contribution in [2.75, 3.05) is 0 Å². The van der Waals surface area contributed by atoms with Gasteiger partial charge in [0, 0.05) is 10.5 Å². The first kappa shape index (κ1) is 18.5. The van der Waals surface area contributed by atoms with Crippen LogP contribution in [0.4, 0.5) is 0 Å². The summed E-state index contributed by atoms with van der Waals surface area (Å²) in [4.78, 5) is 12.8. The number of rotatable bonds is 4. The second-order valence-corrected chi connectivity index (χ2v) is 10.3. The maximum absolute atomic E-state index is 12.8. The molecule has 1 fully saturated rings. The van der Waals surface area contributed by atoms with Crippen LogP contribution in [0.2, 0.25) is 0 Å². The molecule has 0 spiro atoms. The zero-order chi connectivity index (χ0) is 17.3. The minimum absolute atomic E-state index is 0.0816. The highest BCUT2D eigenvalue weighted by molar-refractivity contribution is 9.10. The number of benzene rings is 1. The first-order valence-corrected chi connectivity index (χ1v) is 10.2. The summed E-state index contributed by atoms with van der Waals surface area (Å²) in [6.07, 6.45) is 3.98. The van der Waals surface area contributed by atoms with Crippen LogP contribution >= 0.6 is 15.9 Å². The van der Waals surface area contributed by atoms with E-state index in [1.807, 2.05) is 0 Å². The smallest absolute Gasteiger partial charge is 0.241 e. The molecule has 0 aromatic heterocycles. The van der Waals surface area contributed by atoms with Crippen LogP contribution in [-0.2, 0) is 14.6 Å². The summed E-state index contributed by atoms with van der Waals surface area (Å²) in [5, 5.41) is 2.94. The number of hydrogen-bond donors (Lipinski definition) is 1. The minimum Gasteiger partial charge on any atom is -0.352 e. The van der Waals surface area contributed by atoms with Crippen molar-refractivity contribution in [3.05, 3.63) is 28.7 Å². The molecular formula is C17H24BrNO3S. The molecule has 1 aromatic carbocycles. The average Bonchev–Trinajstić information content (AvgIpc) is 2.49. The number of amides is 1. The first-order valence-electron chi connectivity index (χ1n) is 7.96. The van der Waals surface area contributed by atoms with Crippen LogP contribution in [0.25, 0.3) is 0 Å². The Balaban J connectivity index is 2.15. The van der Waals surface area contributed by atoms with Crippen molar-refractivity contribution in [2.24, 2.45) is 5.92 Å². The number of carbonyl (C=O) groups is 1. The molecule has 2 rings (SSSR count). The van der Waals surface area contributed by atoms with Crippen LogP contribution < -0.4 is 5.32 Å². The number of sulfone groups is 1. The molecule has 0 saturated heterocycles. The van der Waals surface area contributed by atoms with E-state index in [2.05, 4.69) is 28.2 Å². The molecule has 1 saturated carbocycles. The summed E-state index contributed by atoms with van der Waals surface area (Å²) in [6, 6.07) is 6.47. The van der Waals surface area contributed by atoms with E-state index in [-0.39, 0.29) is 10.9 Å². The van der Waals surface area contributed by atoms with Crippen molar-refractivity contribution >= 4 is 31.7 Å². The first-order chi connectivity index (χ1) is 10.6. The molecular weight excluding hydrogens is 378 g/mol. The third kappa shape index (κ3) is 3.97.